The number of benzene rings is 1. The molecule has 0 radical (unpaired) electrons. The second-order valence-corrected chi connectivity index (χ2v) is 9.80. The molecule has 0 spiro atoms. The molecule has 1 N–H and O–H groups in total. The van der Waals surface area contributed by atoms with Crippen LogP contribution in [0.1, 0.15) is 72.4 Å². The SMILES string of the molecule is BCC(C)(CC(C)(C)C)C(=O)OCc1ccc(C(C)(O)CC(C)C)cc1. The van der Waals surface area contributed by atoms with Gasteiger partial charge in [-0.05, 0) is 49.1 Å². The molecule has 0 saturated carbocycles. The average Bonchev–Trinajstić information content (AvgIpc) is 2.50. The number of ether oxygens (including phenoxy) is 1. The lowest BCUT2D eigenvalue weighted by atomic mass is 9.68. The van der Waals surface area contributed by atoms with Crippen LogP contribution >= 0.6 is 0 Å². The van der Waals surface area contributed by atoms with Gasteiger partial charge in [-0.3, -0.25) is 4.79 Å². The fourth-order valence-corrected chi connectivity index (χ4v) is 3.71. The molecule has 2 unspecified atom stereocenters. The van der Waals surface area contributed by atoms with E-state index < -0.39 is 11.0 Å². The summed E-state index contributed by atoms with van der Waals surface area (Å²) in [5.74, 6) is 0.283. The Labute approximate surface area is 160 Å². The monoisotopic (exact) mass is 360 g/mol. The van der Waals surface area contributed by atoms with Gasteiger partial charge < -0.3 is 9.84 Å². The first-order valence-corrected chi connectivity index (χ1v) is 9.78. The van der Waals surface area contributed by atoms with E-state index in [0.29, 0.717) is 12.3 Å². The summed E-state index contributed by atoms with van der Waals surface area (Å²) in [5, 5.41) is 10.6. The van der Waals surface area contributed by atoms with Crippen molar-refractivity contribution >= 4 is 13.8 Å². The van der Waals surface area contributed by atoms with E-state index in [-0.39, 0.29) is 18.0 Å². The Morgan fingerprint density at radius 1 is 1.12 bits per heavy atom. The van der Waals surface area contributed by atoms with Crippen LogP contribution in [0.5, 0.6) is 0 Å². The van der Waals surface area contributed by atoms with Crippen molar-refractivity contribution < 1.29 is 14.6 Å². The molecule has 0 aliphatic heterocycles. The molecule has 0 bridgehead atoms. The molecule has 1 rings (SSSR count). The molecule has 1 aromatic rings. The summed E-state index contributed by atoms with van der Waals surface area (Å²) in [7, 11) is 2.04. The fourth-order valence-electron chi connectivity index (χ4n) is 3.71. The Bertz CT molecular complexity index is 584. The van der Waals surface area contributed by atoms with Gasteiger partial charge in [-0.1, -0.05) is 65.2 Å². The summed E-state index contributed by atoms with van der Waals surface area (Å²) >= 11 is 0. The van der Waals surface area contributed by atoms with E-state index in [4.69, 9.17) is 4.74 Å². The highest BCUT2D eigenvalue weighted by atomic mass is 16.5. The zero-order valence-electron chi connectivity index (χ0n) is 18.0. The quantitative estimate of drug-likeness (QED) is 0.549. The summed E-state index contributed by atoms with van der Waals surface area (Å²) in [6.07, 6.45) is 2.27. The topological polar surface area (TPSA) is 46.5 Å². The Kier molecular flexibility index (Phi) is 7.53. The third-order valence-electron chi connectivity index (χ3n) is 4.95. The second-order valence-electron chi connectivity index (χ2n) is 9.80. The maximum Gasteiger partial charge on any atom is 0.311 e. The Morgan fingerprint density at radius 3 is 2.08 bits per heavy atom. The van der Waals surface area contributed by atoms with Crippen LogP contribution in [0.4, 0.5) is 0 Å². The summed E-state index contributed by atoms with van der Waals surface area (Å²) in [5.41, 5.74) is 0.618. The minimum Gasteiger partial charge on any atom is -0.460 e. The minimum atomic E-state index is -0.836. The van der Waals surface area contributed by atoms with Crippen molar-refractivity contribution in [2.75, 3.05) is 0 Å². The highest BCUT2D eigenvalue weighted by molar-refractivity contribution is 6.10. The average molecular weight is 360 g/mol. The van der Waals surface area contributed by atoms with Gasteiger partial charge in [0, 0.05) is 0 Å². The molecule has 26 heavy (non-hydrogen) atoms. The lowest BCUT2D eigenvalue weighted by Crippen LogP contribution is -2.33. The number of rotatable bonds is 8. The molecular formula is C22H37BO3. The minimum absolute atomic E-state index is 0.0768. The van der Waals surface area contributed by atoms with Crippen molar-refractivity contribution in [1.82, 2.24) is 0 Å². The van der Waals surface area contributed by atoms with Gasteiger partial charge in [0.25, 0.3) is 0 Å². The maximum atomic E-state index is 12.6. The summed E-state index contributed by atoms with van der Waals surface area (Å²) in [6, 6.07) is 7.73. The molecule has 1 aromatic carbocycles. The normalized spacial score (nSPS) is 16.8. The Hall–Kier alpha value is -1.29. The van der Waals surface area contributed by atoms with Crippen LogP contribution in [0.2, 0.25) is 6.32 Å². The first-order valence-electron chi connectivity index (χ1n) is 9.78. The van der Waals surface area contributed by atoms with Crippen molar-refractivity contribution in [2.24, 2.45) is 16.7 Å². The van der Waals surface area contributed by atoms with Gasteiger partial charge in [0.2, 0.25) is 0 Å². The van der Waals surface area contributed by atoms with Crippen LogP contribution in [0.15, 0.2) is 24.3 Å². The molecular weight excluding hydrogens is 323 g/mol. The number of hydrogen-bond donors (Lipinski definition) is 1. The molecule has 3 nitrogen and oxygen atoms in total. The van der Waals surface area contributed by atoms with Crippen molar-refractivity contribution in [3.63, 3.8) is 0 Å². The molecule has 0 aliphatic carbocycles. The highest BCUT2D eigenvalue weighted by Gasteiger charge is 2.36. The van der Waals surface area contributed by atoms with Crippen LogP contribution < -0.4 is 0 Å². The highest BCUT2D eigenvalue weighted by Crippen LogP contribution is 2.37. The standard InChI is InChI=1S/C22H37BO3/c1-16(2)12-22(7,25)18-10-8-17(9-11-18)13-26-19(24)21(6,15-23)14-20(3,4)5/h8-11,16,25H,12-15,23H2,1-7H3. The van der Waals surface area contributed by atoms with Crippen LogP contribution in [0.25, 0.3) is 0 Å². The smallest absolute Gasteiger partial charge is 0.311 e. The largest absolute Gasteiger partial charge is 0.460 e. The van der Waals surface area contributed by atoms with E-state index in [9.17, 15) is 9.90 Å². The third-order valence-corrected chi connectivity index (χ3v) is 4.95. The van der Waals surface area contributed by atoms with Crippen molar-refractivity contribution in [3.8, 4) is 0 Å². The summed E-state index contributed by atoms with van der Waals surface area (Å²) in [6.45, 7) is 14.8. The van der Waals surface area contributed by atoms with Gasteiger partial charge in [-0.25, -0.2) is 0 Å². The van der Waals surface area contributed by atoms with Gasteiger partial charge in [0.15, 0.2) is 0 Å². The lowest BCUT2D eigenvalue weighted by molar-refractivity contribution is -0.157. The predicted octanol–water partition coefficient (Wildman–Crippen LogP) is 4.48. The van der Waals surface area contributed by atoms with E-state index in [0.717, 1.165) is 23.9 Å². The Balaban J connectivity index is 2.74. The number of aliphatic hydroxyl groups is 1. The van der Waals surface area contributed by atoms with Gasteiger partial charge in [-0.15, -0.1) is 0 Å². The van der Waals surface area contributed by atoms with E-state index in [2.05, 4.69) is 34.6 Å². The van der Waals surface area contributed by atoms with Gasteiger partial charge in [-0.2, -0.15) is 0 Å². The first-order chi connectivity index (χ1) is 11.8. The molecule has 0 saturated heterocycles. The summed E-state index contributed by atoms with van der Waals surface area (Å²) in [4.78, 5) is 12.6. The molecule has 0 amide bonds. The zero-order chi connectivity index (χ0) is 20.2. The van der Waals surface area contributed by atoms with Crippen molar-refractivity contribution in [3.05, 3.63) is 35.4 Å². The van der Waals surface area contributed by atoms with Crippen LogP contribution in [0, 0.1) is 16.7 Å². The maximum absolute atomic E-state index is 12.6. The van der Waals surface area contributed by atoms with E-state index in [1.807, 2.05) is 46.0 Å². The lowest BCUT2D eigenvalue weighted by Gasteiger charge is -2.33. The van der Waals surface area contributed by atoms with E-state index in [1.54, 1.807) is 0 Å². The van der Waals surface area contributed by atoms with E-state index >= 15 is 0 Å². The zero-order valence-corrected chi connectivity index (χ0v) is 18.0. The van der Waals surface area contributed by atoms with Crippen LogP contribution in [-0.2, 0) is 21.7 Å². The van der Waals surface area contributed by atoms with Crippen LogP contribution in [-0.4, -0.2) is 18.9 Å². The number of carbonyl (C=O) groups excluding carboxylic acids is 1. The Morgan fingerprint density at radius 2 is 1.65 bits per heavy atom. The fraction of sp³-hybridized carbons (Fsp3) is 0.682. The van der Waals surface area contributed by atoms with Crippen molar-refractivity contribution in [2.45, 2.75) is 79.8 Å². The van der Waals surface area contributed by atoms with Crippen LogP contribution in [0.3, 0.4) is 0 Å². The number of carbonyl (C=O) groups is 1. The summed E-state index contributed by atoms with van der Waals surface area (Å²) < 4.78 is 5.62. The molecule has 146 valence electrons. The first kappa shape index (κ1) is 22.8. The molecule has 0 aromatic heterocycles. The van der Waals surface area contributed by atoms with Gasteiger partial charge in [0.1, 0.15) is 14.5 Å². The second kappa shape index (κ2) is 8.60. The molecule has 2 atom stereocenters. The third kappa shape index (κ3) is 6.79. The predicted molar refractivity (Wildman–Crippen MR) is 111 cm³/mol. The van der Waals surface area contributed by atoms with E-state index in [1.165, 1.54) is 0 Å². The van der Waals surface area contributed by atoms with Gasteiger partial charge in [0.05, 0.1) is 11.0 Å². The number of hydrogen-bond acceptors (Lipinski definition) is 3. The van der Waals surface area contributed by atoms with Crippen molar-refractivity contribution in [1.29, 1.82) is 0 Å². The molecule has 4 heteroatoms. The number of esters is 1. The molecule has 0 heterocycles. The molecule has 0 fully saturated rings. The van der Waals surface area contributed by atoms with Gasteiger partial charge >= 0.3 is 5.97 Å². The molecule has 0 aliphatic rings.